The lowest BCUT2D eigenvalue weighted by Crippen LogP contribution is -2.28. The predicted molar refractivity (Wildman–Crippen MR) is 128 cm³/mol. The number of fused-ring (bicyclic) bond motifs is 1. The van der Waals surface area contributed by atoms with Crippen molar-refractivity contribution in [3.05, 3.63) is 64.6 Å². The molecular formula is C23H26N6O3S. The molecule has 4 N–H and O–H groups in total. The molecule has 2 amide bonds. The number of amides is 2. The molecule has 0 saturated carbocycles. The van der Waals surface area contributed by atoms with Gasteiger partial charge in [-0.25, -0.2) is 4.79 Å². The van der Waals surface area contributed by atoms with Gasteiger partial charge in [-0.2, -0.15) is 5.10 Å². The van der Waals surface area contributed by atoms with Crippen molar-refractivity contribution >= 4 is 40.1 Å². The number of ether oxygens (including phenoxy) is 1. The number of nitrogens with two attached hydrogens (primary N) is 1. The Bertz CT molecular complexity index is 1150. The third kappa shape index (κ3) is 5.78. The molecule has 9 nitrogen and oxygen atoms in total. The van der Waals surface area contributed by atoms with Gasteiger partial charge in [0.1, 0.15) is 5.00 Å². The Balaban J connectivity index is 1.28. The minimum Gasteiger partial charge on any atom is -0.449 e. The number of nitrogens with zero attached hydrogens (tertiary/aromatic N) is 3. The topological polar surface area (TPSA) is 124 Å². The molecule has 1 aliphatic rings. The van der Waals surface area contributed by atoms with Crippen LogP contribution in [-0.4, -0.2) is 33.4 Å². The number of aromatic nitrogens is 3. The van der Waals surface area contributed by atoms with Crippen LogP contribution in [0.3, 0.4) is 0 Å². The number of nitrogens with one attached hydrogen (secondary N) is 2. The van der Waals surface area contributed by atoms with Crippen LogP contribution in [0.25, 0.3) is 6.08 Å². The molecule has 1 unspecified atom stereocenters. The van der Waals surface area contributed by atoms with Gasteiger partial charge in [0.15, 0.2) is 0 Å². The number of aryl methyl sites for hydroxylation is 1. The van der Waals surface area contributed by atoms with Crippen LogP contribution in [0.2, 0.25) is 0 Å². The molecule has 0 aromatic carbocycles. The zero-order valence-electron chi connectivity index (χ0n) is 18.3. The second-order valence-corrected chi connectivity index (χ2v) is 8.97. The summed E-state index contributed by atoms with van der Waals surface area (Å²) in [5.41, 5.74) is 9.76. The highest BCUT2D eigenvalue weighted by molar-refractivity contribution is 7.17. The molecule has 1 aliphatic carbocycles. The van der Waals surface area contributed by atoms with Crippen LogP contribution >= 0.6 is 11.3 Å². The quantitative estimate of drug-likeness (QED) is 0.460. The molecule has 0 fully saturated rings. The first-order valence-electron chi connectivity index (χ1n) is 10.7. The summed E-state index contributed by atoms with van der Waals surface area (Å²) in [5.74, 6) is -0.0267. The van der Waals surface area contributed by atoms with Crippen LogP contribution in [-0.2, 0) is 36.0 Å². The molecule has 4 rings (SSSR count). The Morgan fingerprint density at radius 1 is 1.36 bits per heavy atom. The maximum absolute atomic E-state index is 12.3. The Morgan fingerprint density at radius 2 is 2.24 bits per heavy atom. The minimum absolute atomic E-state index is 0.215. The van der Waals surface area contributed by atoms with E-state index in [1.807, 2.05) is 25.2 Å². The third-order valence-corrected chi connectivity index (χ3v) is 6.73. The van der Waals surface area contributed by atoms with Crippen molar-refractivity contribution in [1.29, 1.82) is 0 Å². The second-order valence-electron chi connectivity index (χ2n) is 7.86. The van der Waals surface area contributed by atoms with Crippen LogP contribution in [0.5, 0.6) is 0 Å². The number of thiophene rings is 1. The van der Waals surface area contributed by atoms with Gasteiger partial charge in [-0.15, -0.1) is 11.3 Å². The summed E-state index contributed by atoms with van der Waals surface area (Å²) in [7, 11) is 1.82. The Kier molecular flexibility index (Phi) is 7.04. The minimum atomic E-state index is -0.443. The van der Waals surface area contributed by atoms with Gasteiger partial charge in [0.25, 0.3) is 0 Å². The van der Waals surface area contributed by atoms with E-state index in [4.69, 9.17) is 10.5 Å². The van der Waals surface area contributed by atoms with Gasteiger partial charge in [-0.1, -0.05) is 6.07 Å². The fraction of sp³-hybridized carbons (Fsp3) is 0.304. The van der Waals surface area contributed by atoms with Gasteiger partial charge in [0.2, 0.25) is 5.91 Å². The second kappa shape index (κ2) is 10.3. The van der Waals surface area contributed by atoms with E-state index < -0.39 is 6.09 Å². The average Bonchev–Trinajstić information content (AvgIpc) is 3.37. The molecule has 0 bridgehead atoms. The first-order valence-corrected chi connectivity index (χ1v) is 11.5. The number of pyridine rings is 1. The highest BCUT2D eigenvalue weighted by atomic mass is 32.1. The summed E-state index contributed by atoms with van der Waals surface area (Å²) in [6.07, 6.45) is 10.2. The van der Waals surface area contributed by atoms with Gasteiger partial charge in [0, 0.05) is 36.6 Å². The van der Waals surface area contributed by atoms with E-state index in [2.05, 4.69) is 20.7 Å². The van der Waals surface area contributed by atoms with Gasteiger partial charge in [-0.3, -0.25) is 14.5 Å². The molecule has 0 aliphatic heterocycles. The molecule has 10 heteroatoms. The molecule has 3 aromatic heterocycles. The Hall–Kier alpha value is -3.66. The first-order chi connectivity index (χ1) is 16.0. The Labute approximate surface area is 195 Å². The van der Waals surface area contributed by atoms with Gasteiger partial charge in [-0.05, 0) is 54.5 Å². The van der Waals surface area contributed by atoms with Crippen LogP contribution in [0.1, 0.15) is 28.1 Å². The summed E-state index contributed by atoms with van der Waals surface area (Å²) in [4.78, 5) is 29.5. The smallest absolute Gasteiger partial charge is 0.407 e. The lowest BCUT2D eigenvalue weighted by Gasteiger charge is -2.22. The van der Waals surface area contributed by atoms with Crippen LogP contribution in [0.15, 0.2) is 42.9 Å². The molecule has 1 atom stereocenters. The number of alkyl carbamates (subject to hydrolysis) is 1. The molecule has 0 radical (unpaired) electrons. The van der Waals surface area contributed by atoms with Crippen LogP contribution < -0.4 is 16.4 Å². The lowest BCUT2D eigenvalue weighted by atomic mass is 9.89. The summed E-state index contributed by atoms with van der Waals surface area (Å²) < 4.78 is 7.12. The van der Waals surface area contributed by atoms with Crippen LogP contribution in [0, 0.1) is 5.92 Å². The standard InChI is InChI=1S/C23H26N6O3S/c1-29-17(8-10-27-29)13-26-23(31)32-14-16-4-6-18-19(11-16)33-22(21(18)24)28-20(30)7-5-15-3-2-9-25-12-15/h2-3,5,7-10,12,16H,4,6,11,13-14,24H2,1H3,(H,26,31)(H,28,30)/b7-5+. The van der Waals surface area contributed by atoms with Gasteiger partial charge >= 0.3 is 6.09 Å². The summed E-state index contributed by atoms with van der Waals surface area (Å²) in [6, 6.07) is 5.53. The van der Waals surface area contributed by atoms with E-state index in [-0.39, 0.29) is 11.8 Å². The number of rotatable bonds is 7. The average molecular weight is 467 g/mol. The first kappa shape index (κ1) is 22.5. The number of hydrogen-bond donors (Lipinski definition) is 3. The number of hydrogen-bond acceptors (Lipinski definition) is 7. The number of carbonyl (C=O) groups is 2. The molecule has 3 aromatic rings. The van der Waals surface area contributed by atoms with Crippen molar-refractivity contribution in [2.45, 2.75) is 25.8 Å². The molecule has 0 saturated heterocycles. The van der Waals surface area contributed by atoms with E-state index >= 15 is 0 Å². The fourth-order valence-corrected chi connectivity index (χ4v) is 4.98. The molecule has 172 valence electrons. The summed E-state index contributed by atoms with van der Waals surface area (Å²) in [6.45, 7) is 0.702. The SMILES string of the molecule is Cn1nccc1CNC(=O)OCC1CCc2c(sc(NC(=O)/C=C/c3cccnc3)c2N)C1. The molecule has 3 heterocycles. The van der Waals surface area contributed by atoms with Gasteiger partial charge in [0.05, 0.1) is 24.5 Å². The van der Waals surface area contributed by atoms with Crippen LogP contribution in [0.4, 0.5) is 15.5 Å². The zero-order valence-corrected chi connectivity index (χ0v) is 19.1. The van der Waals surface area contributed by atoms with E-state index in [1.54, 1.807) is 29.3 Å². The Morgan fingerprint density at radius 3 is 3.00 bits per heavy atom. The van der Waals surface area contributed by atoms with E-state index in [0.717, 1.165) is 41.0 Å². The number of nitrogen functional groups attached to an aromatic ring is 1. The monoisotopic (exact) mass is 466 g/mol. The highest BCUT2D eigenvalue weighted by Gasteiger charge is 2.26. The third-order valence-electron chi connectivity index (χ3n) is 5.54. The van der Waals surface area contributed by atoms with E-state index in [0.29, 0.717) is 23.8 Å². The van der Waals surface area contributed by atoms with Crippen molar-refractivity contribution in [3.63, 3.8) is 0 Å². The maximum atomic E-state index is 12.3. The van der Waals surface area contributed by atoms with E-state index in [1.165, 1.54) is 17.4 Å². The molecular weight excluding hydrogens is 440 g/mol. The largest absolute Gasteiger partial charge is 0.449 e. The summed E-state index contributed by atoms with van der Waals surface area (Å²) in [5, 5.41) is 10.4. The summed E-state index contributed by atoms with van der Waals surface area (Å²) >= 11 is 1.49. The normalized spacial score (nSPS) is 15.2. The van der Waals surface area contributed by atoms with Crippen molar-refractivity contribution in [2.24, 2.45) is 13.0 Å². The van der Waals surface area contributed by atoms with Crippen molar-refractivity contribution in [3.8, 4) is 0 Å². The van der Waals surface area contributed by atoms with Crippen molar-refractivity contribution in [2.75, 3.05) is 17.7 Å². The molecule has 33 heavy (non-hydrogen) atoms. The van der Waals surface area contributed by atoms with E-state index in [9.17, 15) is 9.59 Å². The zero-order chi connectivity index (χ0) is 23.2. The highest BCUT2D eigenvalue weighted by Crippen LogP contribution is 2.41. The van der Waals surface area contributed by atoms with Crippen molar-refractivity contribution < 1.29 is 14.3 Å². The number of carbonyl (C=O) groups excluding carboxylic acids is 2. The van der Waals surface area contributed by atoms with Crippen molar-refractivity contribution in [1.82, 2.24) is 20.1 Å². The molecule has 0 spiro atoms. The fourth-order valence-electron chi connectivity index (χ4n) is 3.70. The number of anilines is 2. The maximum Gasteiger partial charge on any atom is 0.407 e. The van der Waals surface area contributed by atoms with Gasteiger partial charge < -0.3 is 21.1 Å². The lowest BCUT2D eigenvalue weighted by molar-refractivity contribution is -0.111. The predicted octanol–water partition coefficient (Wildman–Crippen LogP) is 3.14.